The second-order valence-corrected chi connectivity index (χ2v) is 2.19. The average Bonchev–Trinajstić information content (AvgIpc) is 2.04. The van der Waals surface area contributed by atoms with Crippen LogP contribution in [0.3, 0.4) is 0 Å². The summed E-state index contributed by atoms with van der Waals surface area (Å²) in [5, 5.41) is 23.6. The van der Waals surface area contributed by atoms with Gasteiger partial charge in [0.2, 0.25) is 0 Å². The lowest BCUT2D eigenvalue weighted by molar-refractivity contribution is 0.429. The molecule has 12 heavy (non-hydrogen) atoms. The zero-order valence-corrected chi connectivity index (χ0v) is 6.75. The van der Waals surface area contributed by atoms with Gasteiger partial charge in [-0.2, -0.15) is 10.5 Å². The van der Waals surface area contributed by atoms with E-state index in [0.29, 0.717) is 25.9 Å². The number of nitriles is 2. The smallest absolute Gasteiger partial charge is 0.188 e. The van der Waals surface area contributed by atoms with Gasteiger partial charge in [-0.05, 0) is 0 Å². The standard InChI is InChI=1S/C7H11N5/c8-3-1-5-12(7(10)11)6-2-4-9/h1-2,5-6H2,(H3,10,11). The summed E-state index contributed by atoms with van der Waals surface area (Å²) in [5.74, 6) is -0.0829. The van der Waals surface area contributed by atoms with Crippen LogP contribution in [0.15, 0.2) is 0 Å². The Hall–Kier alpha value is -1.75. The fourth-order valence-electron chi connectivity index (χ4n) is 0.723. The lowest BCUT2D eigenvalue weighted by Crippen LogP contribution is -2.37. The molecule has 0 radical (unpaired) electrons. The highest BCUT2D eigenvalue weighted by molar-refractivity contribution is 5.74. The number of rotatable bonds is 4. The second-order valence-electron chi connectivity index (χ2n) is 2.19. The van der Waals surface area contributed by atoms with E-state index in [-0.39, 0.29) is 5.96 Å². The van der Waals surface area contributed by atoms with E-state index in [1.165, 1.54) is 4.90 Å². The molecule has 0 fully saturated rings. The van der Waals surface area contributed by atoms with Crippen LogP contribution in [0, 0.1) is 28.1 Å². The third-order valence-corrected chi connectivity index (χ3v) is 1.33. The monoisotopic (exact) mass is 165 g/mol. The van der Waals surface area contributed by atoms with Crippen molar-refractivity contribution in [2.45, 2.75) is 12.8 Å². The lowest BCUT2D eigenvalue weighted by Gasteiger charge is -2.19. The van der Waals surface area contributed by atoms with Gasteiger partial charge in [-0.15, -0.1) is 0 Å². The Balaban J connectivity index is 3.82. The summed E-state index contributed by atoms with van der Waals surface area (Å²) in [5.41, 5.74) is 5.21. The Kier molecular flexibility index (Phi) is 5.12. The van der Waals surface area contributed by atoms with Gasteiger partial charge in [0.15, 0.2) is 5.96 Å². The molecule has 0 heterocycles. The van der Waals surface area contributed by atoms with Gasteiger partial charge in [-0.1, -0.05) is 0 Å². The number of guanidine groups is 1. The van der Waals surface area contributed by atoms with E-state index in [1.807, 2.05) is 12.1 Å². The van der Waals surface area contributed by atoms with Crippen LogP contribution in [0.5, 0.6) is 0 Å². The van der Waals surface area contributed by atoms with Crippen LogP contribution < -0.4 is 5.73 Å². The molecule has 0 unspecified atom stereocenters. The topological polar surface area (TPSA) is 101 Å². The molecule has 0 bridgehead atoms. The van der Waals surface area contributed by atoms with E-state index >= 15 is 0 Å². The Morgan fingerprint density at radius 2 is 1.67 bits per heavy atom. The van der Waals surface area contributed by atoms with E-state index in [0.717, 1.165) is 0 Å². The lowest BCUT2D eigenvalue weighted by atomic mass is 10.3. The van der Waals surface area contributed by atoms with Crippen LogP contribution in [0.4, 0.5) is 0 Å². The predicted octanol–water partition coefficient (Wildman–Crippen LogP) is 0.00923. The number of nitrogens with one attached hydrogen (secondary N) is 1. The summed E-state index contributed by atoms with van der Waals surface area (Å²) in [6.07, 6.45) is 0.649. The van der Waals surface area contributed by atoms with E-state index in [2.05, 4.69) is 0 Å². The molecular formula is C7H11N5. The molecule has 5 nitrogen and oxygen atoms in total. The SMILES string of the molecule is N#CCCN(CCC#N)C(=N)N. The van der Waals surface area contributed by atoms with Crippen molar-refractivity contribution in [3.05, 3.63) is 0 Å². The Morgan fingerprint density at radius 1 is 1.25 bits per heavy atom. The van der Waals surface area contributed by atoms with Crippen molar-refractivity contribution in [2.75, 3.05) is 13.1 Å². The van der Waals surface area contributed by atoms with Crippen LogP contribution in [-0.4, -0.2) is 23.9 Å². The molecule has 0 amide bonds. The van der Waals surface area contributed by atoms with Crippen LogP contribution in [0.1, 0.15) is 12.8 Å². The molecule has 0 saturated carbocycles. The molecule has 0 aliphatic carbocycles. The van der Waals surface area contributed by atoms with Crippen molar-refractivity contribution in [3.8, 4) is 12.1 Å². The van der Waals surface area contributed by atoms with E-state index in [4.69, 9.17) is 21.7 Å². The largest absolute Gasteiger partial charge is 0.370 e. The predicted molar refractivity (Wildman–Crippen MR) is 43.9 cm³/mol. The molecule has 3 N–H and O–H groups in total. The summed E-state index contributed by atoms with van der Waals surface area (Å²) in [6, 6.07) is 3.91. The number of hydrogen-bond acceptors (Lipinski definition) is 3. The Morgan fingerprint density at radius 3 is 1.92 bits per heavy atom. The Labute approximate surface area is 71.5 Å². The second kappa shape index (κ2) is 5.99. The minimum atomic E-state index is -0.0829. The molecule has 0 saturated heterocycles. The van der Waals surface area contributed by atoms with E-state index in [9.17, 15) is 0 Å². The maximum atomic E-state index is 8.27. The average molecular weight is 165 g/mol. The van der Waals surface area contributed by atoms with Gasteiger partial charge in [0.1, 0.15) is 0 Å². The summed E-state index contributed by atoms with van der Waals surface area (Å²) in [7, 11) is 0. The third-order valence-electron chi connectivity index (χ3n) is 1.33. The van der Waals surface area contributed by atoms with Crippen molar-refractivity contribution < 1.29 is 0 Å². The molecule has 0 spiro atoms. The summed E-state index contributed by atoms with van der Waals surface area (Å²) in [4.78, 5) is 1.51. The first-order valence-electron chi connectivity index (χ1n) is 3.55. The molecule has 0 aliphatic heterocycles. The van der Waals surface area contributed by atoms with Gasteiger partial charge in [-0.25, -0.2) is 0 Å². The van der Waals surface area contributed by atoms with Gasteiger partial charge in [0.05, 0.1) is 25.0 Å². The summed E-state index contributed by atoms with van der Waals surface area (Å²) in [6.45, 7) is 0.848. The minimum absolute atomic E-state index is 0.0829. The van der Waals surface area contributed by atoms with Crippen molar-refractivity contribution >= 4 is 5.96 Å². The quantitative estimate of drug-likeness (QED) is 0.452. The van der Waals surface area contributed by atoms with Crippen molar-refractivity contribution in [1.29, 1.82) is 15.9 Å². The van der Waals surface area contributed by atoms with Crippen molar-refractivity contribution in [2.24, 2.45) is 5.73 Å². The van der Waals surface area contributed by atoms with Crippen LogP contribution >= 0.6 is 0 Å². The highest BCUT2D eigenvalue weighted by Gasteiger charge is 2.04. The molecule has 0 aliphatic rings. The zero-order valence-electron chi connectivity index (χ0n) is 6.75. The van der Waals surface area contributed by atoms with Crippen LogP contribution in [-0.2, 0) is 0 Å². The van der Waals surface area contributed by atoms with E-state index in [1.54, 1.807) is 0 Å². The van der Waals surface area contributed by atoms with Crippen LogP contribution in [0.25, 0.3) is 0 Å². The minimum Gasteiger partial charge on any atom is -0.370 e. The maximum absolute atomic E-state index is 8.27. The third kappa shape index (κ3) is 4.13. The molecule has 0 rings (SSSR count). The Bertz CT molecular complexity index is 203. The van der Waals surface area contributed by atoms with Gasteiger partial charge in [-0.3, -0.25) is 5.41 Å². The molecular weight excluding hydrogens is 154 g/mol. The van der Waals surface area contributed by atoms with Gasteiger partial charge >= 0.3 is 0 Å². The maximum Gasteiger partial charge on any atom is 0.188 e. The first kappa shape index (κ1) is 10.2. The van der Waals surface area contributed by atoms with E-state index < -0.39 is 0 Å². The van der Waals surface area contributed by atoms with Crippen molar-refractivity contribution in [1.82, 2.24) is 4.90 Å². The van der Waals surface area contributed by atoms with Crippen molar-refractivity contribution in [3.63, 3.8) is 0 Å². The molecule has 5 heteroatoms. The van der Waals surface area contributed by atoms with Gasteiger partial charge in [0.25, 0.3) is 0 Å². The highest BCUT2D eigenvalue weighted by Crippen LogP contribution is 1.91. The zero-order chi connectivity index (χ0) is 9.40. The first-order valence-corrected chi connectivity index (χ1v) is 3.55. The summed E-state index contributed by atoms with van der Waals surface area (Å²) >= 11 is 0. The number of nitrogens with zero attached hydrogens (tertiary/aromatic N) is 3. The highest BCUT2D eigenvalue weighted by atomic mass is 15.2. The molecule has 0 aromatic carbocycles. The molecule has 0 aromatic heterocycles. The van der Waals surface area contributed by atoms with Gasteiger partial charge in [0, 0.05) is 13.1 Å². The van der Waals surface area contributed by atoms with Crippen LogP contribution in [0.2, 0.25) is 0 Å². The van der Waals surface area contributed by atoms with Gasteiger partial charge < -0.3 is 10.6 Å². The number of nitrogens with two attached hydrogens (primary N) is 1. The summed E-state index contributed by atoms with van der Waals surface area (Å²) < 4.78 is 0. The fraction of sp³-hybridized carbons (Fsp3) is 0.571. The molecule has 0 atom stereocenters. The molecule has 0 aromatic rings. The fourth-order valence-corrected chi connectivity index (χ4v) is 0.723. The molecule has 64 valence electrons. The number of hydrogen-bond donors (Lipinski definition) is 2. The first-order chi connectivity index (χ1) is 5.72. The normalized spacial score (nSPS) is 8.17.